The second kappa shape index (κ2) is 17.8. The van der Waals surface area contributed by atoms with Crippen LogP contribution in [0.4, 0.5) is 0 Å². The molecule has 7 aromatic carbocycles. The largest absolute Gasteiger partial charge is 0.458 e. The summed E-state index contributed by atoms with van der Waals surface area (Å²) in [6, 6.07) is 63.4. The maximum atomic E-state index is 7.08. The average molecular weight is 917 g/mol. The minimum Gasteiger partial charge on any atom is -0.458 e. The van der Waals surface area contributed by atoms with Crippen molar-refractivity contribution in [3.8, 4) is 39.8 Å². The van der Waals surface area contributed by atoms with Crippen LogP contribution in [0, 0.1) is 20.2 Å². The lowest BCUT2D eigenvalue weighted by Crippen LogP contribution is -2.34. The van der Waals surface area contributed by atoms with E-state index in [4.69, 9.17) is 9.72 Å². The third-order valence-corrected chi connectivity index (χ3v) is 14.8. The number of rotatable bonds is 11. The standard InChI is InChI=1S/C65H64N4O/c1-43(2)56-26-18-19-27-57(56)46-34-52(67-42-68(45(4)44(67)3)53-37-50(63(5,6)7)36-51(38-53)65(10,11)48-24-16-13-17-25-48)40-55(35-46)70-54-30-31-59-58-28-20-21-29-60(58)69(61(59)41-54)62-39-49(32-33-66-62)64(8,9)47-22-14-12-15-23-47/h12-41,43H,1-11H3. The van der Waals surface area contributed by atoms with E-state index in [0.717, 1.165) is 62.1 Å². The van der Waals surface area contributed by atoms with E-state index in [1.807, 2.05) is 6.20 Å². The number of para-hydroxylation sites is 1. The normalized spacial score (nSPS) is 12.3. The molecule has 0 N–H and O–H groups in total. The van der Waals surface area contributed by atoms with Crippen molar-refractivity contribution in [2.45, 2.75) is 98.3 Å². The fourth-order valence-electron chi connectivity index (χ4n) is 10.2. The van der Waals surface area contributed by atoms with Crippen LogP contribution in [0.15, 0.2) is 182 Å². The summed E-state index contributed by atoms with van der Waals surface area (Å²) in [5, 5.41) is 2.31. The van der Waals surface area contributed by atoms with Crippen molar-refractivity contribution in [1.29, 1.82) is 0 Å². The lowest BCUT2D eigenvalue weighted by Gasteiger charge is -2.30. The molecule has 0 radical (unpaired) electrons. The molecule has 0 bridgehead atoms. The van der Waals surface area contributed by atoms with Gasteiger partial charge in [0, 0.05) is 33.9 Å². The summed E-state index contributed by atoms with van der Waals surface area (Å²) in [4.78, 5) is 5.02. The minimum atomic E-state index is -0.227. The van der Waals surface area contributed by atoms with Crippen LogP contribution >= 0.6 is 0 Å². The third kappa shape index (κ3) is 8.42. The maximum absolute atomic E-state index is 7.08. The molecule has 0 amide bonds. The Morgan fingerprint density at radius 3 is 1.87 bits per heavy atom. The second-order valence-corrected chi connectivity index (χ2v) is 21.4. The molecule has 0 saturated carbocycles. The molecular formula is C65H64N4O. The summed E-state index contributed by atoms with van der Waals surface area (Å²) < 4.78 is 13.8. The minimum absolute atomic E-state index is 0.0643. The van der Waals surface area contributed by atoms with Gasteiger partial charge in [0.2, 0.25) is 0 Å². The zero-order valence-electron chi connectivity index (χ0n) is 42.6. The van der Waals surface area contributed by atoms with Gasteiger partial charge in [0.15, 0.2) is 0 Å². The van der Waals surface area contributed by atoms with E-state index in [1.54, 1.807) is 0 Å². The van der Waals surface area contributed by atoms with E-state index >= 15 is 0 Å². The lowest BCUT2D eigenvalue weighted by atomic mass is 9.75. The summed E-state index contributed by atoms with van der Waals surface area (Å²) >= 11 is 0. The van der Waals surface area contributed by atoms with Crippen LogP contribution in [0.1, 0.15) is 113 Å². The lowest BCUT2D eigenvalue weighted by molar-refractivity contribution is -0.606. The number of pyridine rings is 1. The number of hydrogen-bond acceptors (Lipinski definition) is 2. The van der Waals surface area contributed by atoms with Crippen molar-refractivity contribution in [3.05, 3.63) is 233 Å². The molecule has 5 heteroatoms. The van der Waals surface area contributed by atoms with E-state index in [2.05, 4.69) is 272 Å². The molecule has 0 saturated heterocycles. The molecule has 70 heavy (non-hydrogen) atoms. The Hall–Kier alpha value is -7.50. The Morgan fingerprint density at radius 2 is 1.17 bits per heavy atom. The Morgan fingerprint density at radius 1 is 0.543 bits per heavy atom. The number of aromatic nitrogens is 4. The SMILES string of the molecule is Cc1c(C)[n+](-c2cc(C(C)(C)C)cc(C(C)(C)c3ccccc3)c2)[c-]n1-c1cc(Oc2ccc3c4ccccc4n(-c4cc(C(C)(C)c5ccccc5)ccn4)c3c2)cc(-c2ccccc2C(C)C)c1. The number of imidazole rings is 1. The zero-order valence-corrected chi connectivity index (χ0v) is 42.6. The fraction of sp³-hybridized carbons (Fsp3) is 0.231. The highest BCUT2D eigenvalue weighted by molar-refractivity contribution is 6.09. The monoisotopic (exact) mass is 917 g/mol. The van der Waals surface area contributed by atoms with Crippen LogP contribution in [0.25, 0.3) is 50.1 Å². The average Bonchev–Trinajstić information content (AvgIpc) is 3.86. The van der Waals surface area contributed by atoms with Crippen LogP contribution in [0.3, 0.4) is 0 Å². The predicted octanol–water partition coefficient (Wildman–Crippen LogP) is 16.2. The number of hydrogen-bond donors (Lipinski definition) is 0. The first kappa shape index (κ1) is 46.2. The molecule has 0 aliphatic heterocycles. The quantitative estimate of drug-likeness (QED) is 0.0957. The Bertz CT molecular complexity index is 3550. The van der Waals surface area contributed by atoms with Gasteiger partial charge in [-0.1, -0.05) is 172 Å². The van der Waals surface area contributed by atoms with Crippen LogP contribution in [0.2, 0.25) is 0 Å². The van der Waals surface area contributed by atoms with Crippen molar-refractivity contribution in [2.75, 3.05) is 0 Å². The number of ether oxygens (including phenoxy) is 1. The molecular weight excluding hydrogens is 853 g/mol. The molecule has 0 aliphatic rings. The molecule has 10 rings (SSSR count). The van der Waals surface area contributed by atoms with E-state index < -0.39 is 0 Å². The van der Waals surface area contributed by atoms with E-state index in [-0.39, 0.29) is 16.2 Å². The highest BCUT2D eigenvalue weighted by Gasteiger charge is 2.28. The molecule has 0 fully saturated rings. The van der Waals surface area contributed by atoms with Gasteiger partial charge in [-0.3, -0.25) is 13.7 Å². The van der Waals surface area contributed by atoms with Crippen molar-refractivity contribution >= 4 is 21.8 Å². The van der Waals surface area contributed by atoms with Gasteiger partial charge in [0.05, 0.1) is 33.8 Å². The Kier molecular flexibility index (Phi) is 11.7. The first-order chi connectivity index (χ1) is 33.5. The number of nitrogens with zero attached hydrogens (tertiary/aromatic N) is 4. The van der Waals surface area contributed by atoms with Gasteiger partial charge in [0.25, 0.3) is 6.33 Å². The smallest absolute Gasteiger partial charge is 0.269 e. The summed E-state index contributed by atoms with van der Waals surface area (Å²) in [6.07, 6.45) is 5.78. The second-order valence-electron chi connectivity index (χ2n) is 21.4. The van der Waals surface area contributed by atoms with Crippen molar-refractivity contribution < 1.29 is 9.30 Å². The molecule has 0 spiro atoms. The first-order valence-corrected chi connectivity index (χ1v) is 24.7. The molecule has 3 aromatic heterocycles. The van der Waals surface area contributed by atoms with Gasteiger partial charge in [0.1, 0.15) is 17.3 Å². The van der Waals surface area contributed by atoms with Crippen molar-refractivity contribution in [1.82, 2.24) is 14.1 Å². The molecule has 0 unspecified atom stereocenters. The molecule has 10 aromatic rings. The molecule has 3 heterocycles. The predicted molar refractivity (Wildman–Crippen MR) is 290 cm³/mol. The molecule has 0 atom stereocenters. The fourth-order valence-corrected chi connectivity index (χ4v) is 10.2. The van der Waals surface area contributed by atoms with Crippen LogP contribution in [-0.2, 0) is 16.2 Å². The summed E-state index contributed by atoms with van der Waals surface area (Å²) in [5.74, 6) is 2.67. The van der Waals surface area contributed by atoms with Gasteiger partial charge < -0.3 is 4.74 Å². The maximum Gasteiger partial charge on any atom is 0.269 e. The number of fused-ring (bicyclic) bond motifs is 3. The highest BCUT2D eigenvalue weighted by Crippen LogP contribution is 2.40. The van der Waals surface area contributed by atoms with Gasteiger partial charge in [-0.15, -0.1) is 0 Å². The van der Waals surface area contributed by atoms with Crippen LogP contribution < -0.4 is 9.30 Å². The molecule has 350 valence electrons. The van der Waals surface area contributed by atoms with E-state index in [1.165, 1.54) is 44.3 Å². The summed E-state index contributed by atoms with van der Waals surface area (Å²) in [7, 11) is 0. The van der Waals surface area contributed by atoms with Gasteiger partial charge >= 0.3 is 0 Å². The van der Waals surface area contributed by atoms with Crippen molar-refractivity contribution in [3.63, 3.8) is 0 Å². The van der Waals surface area contributed by atoms with E-state index in [9.17, 15) is 0 Å². The van der Waals surface area contributed by atoms with Gasteiger partial charge in [-0.05, 0) is 130 Å². The Labute approximate surface area is 414 Å². The molecule has 0 aliphatic carbocycles. The molecule has 5 nitrogen and oxygen atoms in total. The van der Waals surface area contributed by atoms with Gasteiger partial charge in [-0.2, -0.15) is 0 Å². The first-order valence-electron chi connectivity index (χ1n) is 24.7. The zero-order chi connectivity index (χ0) is 49.1. The highest BCUT2D eigenvalue weighted by atomic mass is 16.5. The van der Waals surface area contributed by atoms with Crippen LogP contribution in [-0.4, -0.2) is 14.1 Å². The Balaban J connectivity index is 1.11. The van der Waals surface area contributed by atoms with Gasteiger partial charge in [-0.25, -0.2) is 4.98 Å². The van der Waals surface area contributed by atoms with Crippen molar-refractivity contribution in [2.24, 2.45) is 0 Å². The number of benzene rings is 7. The third-order valence-electron chi connectivity index (χ3n) is 14.8. The van der Waals surface area contributed by atoms with Crippen LogP contribution in [0.5, 0.6) is 11.5 Å². The summed E-state index contributed by atoms with van der Waals surface area (Å²) in [6.45, 7) is 25.0. The summed E-state index contributed by atoms with van der Waals surface area (Å²) in [5.41, 5.74) is 15.7. The topological polar surface area (TPSA) is 35.9 Å². The van der Waals surface area contributed by atoms with E-state index in [0.29, 0.717) is 5.92 Å².